The lowest BCUT2D eigenvalue weighted by molar-refractivity contribution is 0.0919. The average molecular weight is 356 g/mol. The highest BCUT2D eigenvalue weighted by molar-refractivity contribution is 5.94. The van der Waals surface area contributed by atoms with Crippen LogP contribution in [-0.2, 0) is 12.8 Å². The van der Waals surface area contributed by atoms with Gasteiger partial charge in [0.2, 0.25) is 0 Å². The number of nitrogens with zero attached hydrogens (tertiary/aromatic N) is 2. The summed E-state index contributed by atoms with van der Waals surface area (Å²) in [7, 11) is 0. The Labute approximate surface area is 153 Å². The van der Waals surface area contributed by atoms with Crippen molar-refractivity contribution in [3.63, 3.8) is 0 Å². The molecule has 0 bridgehead atoms. The van der Waals surface area contributed by atoms with E-state index in [1.54, 1.807) is 10.7 Å². The van der Waals surface area contributed by atoms with Crippen molar-refractivity contribution in [3.8, 4) is 5.69 Å². The van der Waals surface area contributed by atoms with E-state index in [1.807, 2.05) is 13.0 Å². The van der Waals surface area contributed by atoms with Crippen LogP contribution in [0, 0.1) is 12.7 Å². The first-order valence-corrected chi connectivity index (χ1v) is 9.44. The van der Waals surface area contributed by atoms with Crippen molar-refractivity contribution in [2.24, 2.45) is 0 Å². The maximum atomic E-state index is 14.5. The molecule has 2 aliphatic rings. The first-order valence-electron chi connectivity index (χ1n) is 9.44. The van der Waals surface area contributed by atoms with E-state index in [2.05, 4.69) is 22.7 Å². The van der Waals surface area contributed by atoms with Crippen molar-refractivity contribution in [2.45, 2.75) is 58.0 Å². The summed E-state index contributed by atoms with van der Waals surface area (Å²) in [5.74, 6) is -0.435. The van der Waals surface area contributed by atoms with Crippen molar-refractivity contribution in [2.75, 3.05) is 6.54 Å². The fraction of sp³-hybridized carbons (Fsp3) is 0.500. The molecule has 1 amide bonds. The van der Waals surface area contributed by atoms with Crippen molar-refractivity contribution in [3.05, 3.63) is 46.5 Å². The number of fused-ring (bicyclic) bond motifs is 1. The molecule has 1 aromatic heterocycles. The largest absolute Gasteiger partial charge is 0.348 e. The minimum absolute atomic E-state index is 0.131. The van der Waals surface area contributed by atoms with Crippen LogP contribution in [0.5, 0.6) is 0 Å². The number of halogens is 1. The van der Waals surface area contributed by atoms with Gasteiger partial charge in [-0.15, -0.1) is 0 Å². The molecule has 1 aromatic carbocycles. The van der Waals surface area contributed by atoms with Crippen molar-refractivity contribution in [1.82, 2.24) is 20.4 Å². The number of amides is 1. The second kappa shape index (κ2) is 6.83. The van der Waals surface area contributed by atoms with Gasteiger partial charge in [-0.2, -0.15) is 5.10 Å². The molecular formula is C20H25FN4O. The fourth-order valence-electron chi connectivity index (χ4n) is 4.12. The molecule has 0 saturated carbocycles. The molecule has 1 fully saturated rings. The lowest BCUT2D eigenvalue weighted by Crippen LogP contribution is -2.46. The number of piperidine rings is 1. The minimum atomic E-state index is -0.304. The molecule has 1 aliphatic heterocycles. The molecule has 0 radical (unpaired) electrons. The number of aromatic nitrogens is 2. The van der Waals surface area contributed by atoms with E-state index in [-0.39, 0.29) is 17.8 Å². The quantitative estimate of drug-likeness (QED) is 0.889. The summed E-state index contributed by atoms with van der Waals surface area (Å²) in [6, 6.07) is 5.69. The number of hydrogen-bond acceptors (Lipinski definition) is 3. The van der Waals surface area contributed by atoms with Crippen LogP contribution in [-0.4, -0.2) is 34.3 Å². The van der Waals surface area contributed by atoms with Gasteiger partial charge in [-0.1, -0.05) is 6.07 Å². The molecule has 0 spiro atoms. The van der Waals surface area contributed by atoms with E-state index in [0.29, 0.717) is 17.4 Å². The third kappa shape index (κ3) is 3.14. The average Bonchev–Trinajstić information content (AvgIpc) is 3.17. The fourth-order valence-corrected chi connectivity index (χ4v) is 4.12. The first kappa shape index (κ1) is 17.2. The van der Waals surface area contributed by atoms with Gasteiger partial charge in [0.15, 0.2) is 5.69 Å². The number of carbonyl (C=O) groups is 1. The van der Waals surface area contributed by atoms with Crippen molar-refractivity contribution in [1.29, 1.82) is 0 Å². The van der Waals surface area contributed by atoms with Crippen LogP contribution in [0.15, 0.2) is 18.2 Å². The summed E-state index contributed by atoms with van der Waals surface area (Å²) in [5.41, 5.74) is 3.70. The molecule has 2 N–H and O–H groups in total. The first-order chi connectivity index (χ1) is 12.5. The van der Waals surface area contributed by atoms with E-state index >= 15 is 0 Å². The zero-order valence-corrected chi connectivity index (χ0v) is 15.3. The molecule has 5 nitrogen and oxygen atoms in total. The smallest absolute Gasteiger partial charge is 0.272 e. The number of aryl methyl sites for hydroxylation is 1. The zero-order valence-electron chi connectivity index (χ0n) is 15.3. The monoisotopic (exact) mass is 356 g/mol. The Bertz CT molecular complexity index is 845. The lowest BCUT2D eigenvalue weighted by atomic mass is 10.0. The SMILES string of the molecule is Cc1ccc(-n2nc(C(=O)NC3CCNC(C)C3)c3c2CCC3)c(F)c1. The second-order valence-corrected chi connectivity index (χ2v) is 7.54. The van der Waals surface area contributed by atoms with Gasteiger partial charge in [-0.25, -0.2) is 9.07 Å². The molecule has 4 rings (SSSR count). The highest BCUT2D eigenvalue weighted by Gasteiger charge is 2.29. The van der Waals surface area contributed by atoms with Crippen LogP contribution >= 0.6 is 0 Å². The molecule has 2 atom stereocenters. The highest BCUT2D eigenvalue weighted by Crippen LogP contribution is 2.29. The summed E-state index contributed by atoms with van der Waals surface area (Å²) < 4.78 is 16.1. The van der Waals surface area contributed by atoms with Gasteiger partial charge in [-0.05, 0) is 70.2 Å². The summed E-state index contributed by atoms with van der Waals surface area (Å²) in [5, 5.41) is 11.1. The van der Waals surface area contributed by atoms with E-state index < -0.39 is 0 Å². The summed E-state index contributed by atoms with van der Waals surface area (Å²) in [6.07, 6.45) is 4.47. The summed E-state index contributed by atoms with van der Waals surface area (Å²) >= 11 is 0. The van der Waals surface area contributed by atoms with Gasteiger partial charge < -0.3 is 10.6 Å². The maximum absolute atomic E-state index is 14.5. The van der Waals surface area contributed by atoms with Crippen molar-refractivity contribution >= 4 is 5.91 Å². The van der Waals surface area contributed by atoms with Gasteiger partial charge in [0.25, 0.3) is 5.91 Å². The molecule has 138 valence electrons. The third-order valence-electron chi connectivity index (χ3n) is 5.44. The number of hydrogen-bond donors (Lipinski definition) is 2. The Morgan fingerprint density at radius 3 is 3.00 bits per heavy atom. The number of carbonyl (C=O) groups excluding carboxylic acids is 1. The summed E-state index contributed by atoms with van der Waals surface area (Å²) in [4.78, 5) is 12.9. The van der Waals surface area contributed by atoms with Gasteiger partial charge in [0.05, 0.1) is 0 Å². The number of benzene rings is 1. The minimum Gasteiger partial charge on any atom is -0.348 e. The lowest BCUT2D eigenvalue weighted by Gasteiger charge is -2.28. The Morgan fingerprint density at radius 2 is 2.23 bits per heavy atom. The normalized spacial score (nSPS) is 22.3. The van der Waals surface area contributed by atoms with Crippen LogP contribution in [0.1, 0.15) is 53.5 Å². The second-order valence-electron chi connectivity index (χ2n) is 7.54. The number of nitrogens with one attached hydrogen (secondary N) is 2. The topological polar surface area (TPSA) is 59.0 Å². The standard InChI is InChI=1S/C20H25FN4O/c1-12-6-7-18(16(21)10-12)25-17-5-3-4-15(17)19(24-25)20(26)23-14-8-9-22-13(2)11-14/h6-7,10,13-14,22H,3-5,8-9,11H2,1-2H3,(H,23,26). The van der Waals surface area contributed by atoms with Gasteiger partial charge in [-0.3, -0.25) is 4.79 Å². The Morgan fingerprint density at radius 1 is 1.38 bits per heavy atom. The predicted octanol–water partition coefficient (Wildman–Crippen LogP) is 2.68. The molecule has 1 aliphatic carbocycles. The molecule has 2 aromatic rings. The van der Waals surface area contributed by atoms with Crippen LogP contribution in [0.3, 0.4) is 0 Å². The molecule has 2 unspecified atom stereocenters. The Balaban J connectivity index is 1.64. The van der Waals surface area contributed by atoms with Crippen molar-refractivity contribution < 1.29 is 9.18 Å². The molecule has 2 heterocycles. The van der Waals surface area contributed by atoms with Gasteiger partial charge in [0, 0.05) is 23.3 Å². The number of rotatable bonds is 3. The third-order valence-corrected chi connectivity index (χ3v) is 5.44. The van der Waals surface area contributed by atoms with Gasteiger partial charge >= 0.3 is 0 Å². The van der Waals surface area contributed by atoms with E-state index in [0.717, 1.165) is 55.5 Å². The molecular weight excluding hydrogens is 331 g/mol. The Kier molecular flexibility index (Phi) is 4.53. The van der Waals surface area contributed by atoms with Crippen LogP contribution in [0.4, 0.5) is 4.39 Å². The Hall–Kier alpha value is -2.21. The van der Waals surface area contributed by atoms with E-state index in [9.17, 15) is 9.18 Å². The predicted molar refractivity (Wildman–Crippen MR) is 98.2 cm³/mol. The van der Waals surface area contributed by atoms with Crippen LogP contribution in [0.2, 0.25) is 0 Å². The van der Waals surface area contributed by atoms with Crippen LogP contribution < -0.4 is 10.6 Å². The van der Waals surface area contributed by atoms with Gasteiger partial charge in [0.1, 0.15) is 11.5 Å². The van der Waals surface area contributed by atoms with Crippen LogP contribution in [0.25, 0.3) is 5.69 Å². The molecule has 1 saturated heterocycles. The molecule has 6 heteroatoms. The van der Waals surface area contributed by atoms with E-state index in [4.69, 9.17) is 0 Å². The van der Waals surface area contributed by atoms with E-state index in [1.165, 1.54) is 6.07 Å². The zero-order chi connectivity index (χ0) is 18.3. The maximum Gasteiger partial charge on any atom is 0.272 e. The highest BCUT2D eigenvalue weighted by atomic mass is 19.1. The molecule has 26 heavy (non-hydrogen) atoms. The summed E-state index contributed by atoms with van der Waals surface area (Å²) in [6.45, 7) is 4.90.